The lowest BCUT2D eigenvalue weighted by molar-refractivity contribution is 1.02. The lowest BCUT2D eigenvalue weighted by Crippen LogP contribution is -2.07. The van der Waals surface area contributed by atoms with Crippen molar-refractivity contribution in [3.63, 3.8) is 0 Å². The summed E-state index contributed by atoms with van der Waals surface area (Å²) in [7, 11) is 3.89. The third-order valence-corrected chi connectivity index (χ3v) is 1.59. The van der Waals surface area contributed by atoms with E-state index < -0.39 is 0 Å². The van der Waals surface area contributed by atoms with E-state index in [0.717, 1.165) is 5.13 Å². The standard InChI is InChI=1S/C4H7N3S/c1-7(2)4-6-5-3-8-4/h3H,1-2H3. The van der Waals surface area contributed by atoms with Gasteiger partial charge in [0.2, 0.25) is 5.13 Å². The Morgan fingerprint density at radius 1 is 1.62 bits per heavy atom. The minimum absolute atomic E-state index is 0.949. The Morgan fingerprint density at radius 3 is 2.62 bits per heavy atom. The van der Waals surface area contributed by atoms with Gasteiger partial charge < -0.3 is 4.90 Å². The summed E-state index contributed by atoms with van der Waals surface area (Å²) in [6.07, 6.45) is 0. The summed E-state index contributed by atoms with van der Waals surface area (Å²) in [6, 6.07) is 0. The summed E-state index contributed by atoms with van der Waals surface area (Å²) in [5.41, 5.74) is 1.72. The monoisotopic (exact) mass is 129 g/mol. The van der Waals surface area contributed by atoms with Crippen LogP contribution in [0.25, 0.3) is 0 Å². The molecule has 4 heteroatoms. The van der Waals surface area contributed by atoms with Gasteiger partial charge in [0.25, 0.3) is 0 Å². The molecule has 0 N–H and O–H groups in total. The quantitative estimate of drug-likeness (QED) is 0.556. The van der Waals surface area contributed by atoms with Gasteiger partial charge in [0.1, 0.15) is 5.51 Å². The maximum atomic E-state index is 3.81. The van der Waals surface area contributed by atoms with E-state index in [2.05, 4.69) is 10.2 Å². The number of anilines is 1. The highest BCUT2D eigenvalue weighted by atomic mass is 32.1. The normalized spacial score (nSPS) is 9.25. The van der Waals surface area contributed by atoms with Crippen LogP contribution in [-0.2, 0) is 0 Å². The molecule has 1 aromatic heterocycles. The van der Waals surface area contributed by atoms with Gasteiger partial charge in [0.15, 0.2) is 0 Å². The van der Waals surface area contributed by atoms with Crippen molar-refractivity contribution >= 4 is 16.5 Å². The van der Waals surface area contributed by atoms with E-state index in [4.69, 9.17) is 0 Å². The second kappa shape index (κ2) is 2.09. The molecule has 0 amide bonds. The van der Waals surface area contributed by atoms with Crippen molar-refractivity contribution in [3.8, 4) is 0 Å². The summed E-state index contributed by atoms with van der Waals surface area (Å²) < 4.78 is 0. The maximum Gasteiger partial charge on any atom is 0.207 e. The second-order valence-electron chi connectivity index (χ2n) is 1.62. The summed E-state index contributed by atoms with van der Waals surface area (Å²) in [5.74, 6) is 0. The molecular formula is C4H7N3S. The largest absolute Gasteiger partial charge is 0.353 e. The first-order valence-corrected chi connectivity index (χ1v) is 3.12. The molecule has 0 spiro atoms. The minimum Gasteiger partial charge on any atom is -0.353 e. The van der Waals surface area contributed by atoms with Crippen molar-refractivity contribution < 1.29 is 0 Å². The van der Waals surface area contributed by atoms with Crippen LogP contribution in [0.3, 0.4) is 0 Å². The van der Waals surface area contributed by atoms with Crippen molar-refractivity contribution in [3.05, 3.63) is 5.51 Å². The highest BCUT2D eigenvalue weighted by Gasteiger charge is 1.94. The Morgan fingerprint density at radius 2 is 2.38 bits per heavy atom. The Hall–Kier alpha value is -0.640. The van der Waals surface area contributed by atoms with Crippen LogP contribution >= 0.6 is 11.3 Å². The van der Waals surface area contributed by atoms with Crippen LogP contribution in [0.2, 0.25) is 0 Å². The van der Waals surface area contributed by atoms with E-state index in [1.165, 1.54) is 11.3 Å². The highest BCUT2D eigenvalue weighted by Crippen LogP contribution is 2.10. The van der Waals surface area contributed by atoms with Gasteiger partial charge in [-0.2, -0.15) is 0 Å². The van der Waals surface area contributed by atoms with E-state index in [9.17, 15) is 0 Å². The first-order valence-electron chi connectivity index (χ1n) is 2.24. The van der Waals surface area contributed by atoms with Crippen molar-refractivity contribution in [1.29, 1.82) is 0 Å². The molecule has 1 rings (SSSR count). The number of hydrogen-bond donors (Lipinski definition) is 0. The van der Waals surface area contributed by atoms with Crippen LogP contribution in [-0.4, -0.2) is 24.3 Å². The lowest BCUT2D eigenvalue weighted by atomic mass is 10.9. The fourth-order valence-electron chi connectivity index (χ4n) is 0.362. The Kier molecular flexibility index (Phi) is 1.43. The van der Waals surface area contributed by atoms with Gasteiger partial charge in [-0.05, 0) is 0 Å². The molecule has 1 heterocycles. The first-order chi connectivity index (χ1) is 3.80. The number of hydrogen-bond acceptors (Lipinski definition) is 4. The minimum atomic E-state index is 0.949. The van der Waals surface area contributed by atoms with Crippen LogP contribution in [0.4, 0.5) is 5.13 Å². The predicted molar refractivity (Wildman–Crippen MR) is 34.2 cm³/mol. The molecule has 0 atom stereocenters. The highest BCUT2D eigenvalue weighted by molar-refractivity contribution is 7.13. The molecule has 44 valence electrons. The summed E-state index contributed by atoms with van der Waals surface area (Å²) in [4.78, 5) is 1.93. The fraction of sp³-hybridized carbons (Fsp3) is 0.500. The Balaban J connectivity index is 2.77. The molecule has 0 aliphatic rings. The predicted octanol–water partition coefficient (Wildman–Crippen LogP) is 0.604. The van der Waals surface area contributed by atoms with Gasteiger partial charge in [-0.1, -0.05) is 11.3 Å². The zero-order chi connectivity index (χ0) is 5.98. The van der Waals surface area contributed by atoms with Crippen molar-refractivity contribution in [2.75, 3.05) is 19.0 Å². The van der Waals surface area contributed by atoms with Gasteiger partial charge >= 0.3 is 0 Å². The average molecular weight is 129 g/mol. The van der Waals surface area contributed by atoms with E-state index in [1.807, 2.05) is 19.0 Å². The van der Waals surface area contributed by atoms with Crippen LogP contribution < -0.4 is 4.90 Å². The zero-order valence-electron chi connectivity index (χ0n) is 4.83. The number of aromatic nitrogens is 2. The average Bonchev–Trinajstić information content (AvgIpc) is 2.12. The third kappa shape index (κ3) is 0.949. The Bertz CT molecular complexity index is 146. The molecule has 3 nitrogen and oxygen atoms in total. The second-order valence-corrected chi connectivity index (χ2v) is 2.43. The van der Waals surface area contributed by atoms with Gasteiger partial charge in [-0.15, -0.1) is 10.2 Å². The van der Waals surface area contributed by atoms with Gasteiger partial charge in [0, 0.05) is 14.1 Å². The van der Waals surface area contributed by atoms with Crippen LogP contribution in [0, 0.1) is 0 Å². The molecule has 1 aromatic rings. The Labute approximate surface area is 52.0 Å². The molecular weight excluding hydrogens is 122 g/mol. The summed E-state index contributed by atoms with van der Waals surface area (Å²) >= 11 is 1.53. The van der Waals surface area contributed by atoms with Crippen molar-refractivity contribution in [2.24, 2.45) is 0 Å². The number of rotatable bonds is 1. The van der Waals surface area contributed by atoms with E-state index >= 15 is 0 Å². The molecule has 0 fully saturated rings. The number of nitrogens with zero attached hydrogens (tertiary/aromatic N) is 3. The van der Waals surface area contributed by atoms with Crippen molar-refractivity contribution in [2.45, 2.75) is 0 Å². The van der Waals surface area contributed by atoms with Crippen LogP contribution in [0.5, 0.6) is 0 Å². The van der Waals surface area contributed by atoms with Crippen LogP contribution in [0.1, 0.15) is 0 Å². The van der Waals surface area contributed by atoms with E-state index in [1.54, 1.807) is 5.51 Å². The molecule has 0 saturated carbocycles. The fourth-order valence-corrected chi connectivity index (χ4v) is 0.856. The maximum absolute atomic E-state index is 3.81. The molecule has 0 aliphatic carbocycles. The third-order valence-electron chi connectivity index (χ3n) is 0.731. The van der Waals surface area contributed by atoms with Gasteiger partial charge in [-0.25, -0.2) is 0 Å². The van der Waals surface area contributed by atoms with E-state index in [0.29, 0.717) is 0 Å². The molecule has 0 radical (unpaired) electrons. The molecule has 0 saturated heterocycles. The molecule has 0 aliphatic heterocycles. The molecule has 0 bridgehead atoms. The topological polar surface area (TPSA) is 29.0 Å². The van der Waals surface area contributed by atoms with Crippen LogP contribution in [0.15, 0.2) is 5.51 Å². The molecule has 0 aromatic carbocycles. The SMILES string of the molecule is CN(C)c1nncs1. The molecule has 8 heavy (non-hydrogen) atoms. The van der Waals surface area contributed by atoms with Crippen molar-refractivity contribution in [1.82, 2.24) is 10.2 Å². The zero-order valence-corrected chi connectivity index (χ0v) is 5.64. The summed E-state index contributed by atoms with van der Waals surface area (Å²) in [5, 5.41) is 8.43. The first kappa shape index (κ1) is 5.50. The summed E-state index contributed by atoms with van der Waals surface area (Å²) in [6.45, 7) is 0. The lowest BCUT2D eigenvalue weighted by Gasteiger charge is -2.03. The van der Waals surface area contributed by atoms with Gasteiger partial charge in [-0.3, -0.25) is 0 Å². The molecule has 0 unspecified atom stereocenters. The smallest absolute Gasteiger partial charge is 0.207 e. The van der Waals surface area contributed by atoms with E-state index in [-0.39, 0.29) is 0 Å². The van der Waals surface area contributed by atoms with Gasteiger partial charge in [0.05, 0.1) is 0 Å².